The van der Waals surface area contributed by atoms with Crippen LogP contribution in [-0.4, -0.2) is 78.3 Å². The van der Waals surface area contributed by atoms with Crippen LogP contribution in [0, 0.1) is 0 Å². The molecule has 184 valence electrons. The highest BCUT2D eigenvalue weighted by atomic mass is 16.5. The van der Waals surface area contributed by atoms with Gasteiger partial charge in [-0.1, -0.05) is 0 Å². The number of aromatic nitrogens is 3. The topological polar surface area (TPSA) is 93.1 Å². The monoisotopic (exact) mass is 477 g/mol. The van der Waals surface area contributed by atoms with Gasteiger partial charge < -0.3 is 29.1 Å². The number of fused-ring (bicyclic) bond motifs is 1. The Morgan fingerprint density at radius 1 is 1.11 bits per heavy atom. The van der Waals surface area contributed by atoms with Gasteiger partial charge in [0, 0.05) is 30.8 Å². The fraction of sp³-hybridized carbons (Fsp3) is 0.500. The number of hydrogen-bond acceptors (Lipinski definition) is 9. The van der Waals surface area contributed by atoms with E-state index in [4.69, 9.17) is 29.2 Å². The Morgan fingerprint density at radius 3 is 2.77 bits per heavy atom. The number of aliphatic hydroxyl groups excluding tert-OH is 1. The van der Waals surface area contributed by atoms with Gasteiger partial charge in [0.1, 0.15) is 11.6 Å². The largest absolute Gasteiger partial charge is 0.496 e. The summed E-state index contributed by atoms with van der Waals surface area (Å²) in [7, 11) is 1.60. The molecule has 1 aliphatic carbocycles. The molecule has 2 saturated heterocycles. The predicted molar refractivity (Wildman–Crippen MR) is 133 cm³/mol. The van der Waals surface area contributed by atoms with E-state index < -0.39 is 0 Å². The van der Waals surface area contributed by atoms with E-state index in [9.17, 15) is 5.11 Å². The standard InChI is InChI=1S/C26H31N5O4/c1-17-15-34-11-10-31(17)24-20-4-5-21(18-3-6-22(33-2)19(13-18)14-32)27-23(20)28-25(29-24)30-9-12-35-26(16-30)7-8-26/h3-6,13,17,32H,7-12,14-16H2,1-2H3/t17-/m0/s1. The van der Waals surface area contributed by atoms with Crippen molar-refractivity contribution in [3.63, 3.8) is 0 Å². The minimum absolute atomic E-state index is 0.0257. The predicted octanol–water partition coefficient (Wildman–Crippen LogP) is 2.79. The van der Waals surface area contributed by atoms with Crippen molar-refractivity contribution in [2.75, 3.05) is 56.4 Å². The number of benzene rings is 1. The van der Waals surface area contributed by atoms with Crippen LogP contribution in [0.3, 0.4) is 0 Å². The van der Waals surface area contributed by atoms with Gasteiger partial charge in [-0.25, -0.2) is 4.98 Å². The molecule has 0 radical (unpaired) electrons. The van der Waals surface area contributed by atoms with Crippen LogP contribution in [0.25, 0.3) is 22.3 Å². The number of hydrogen-bond donors (Lipinski definition) is 1. The Balaban J connectivity index is 1.46. The van der Waals surface area contributed by atoms with Crippen molar-refractivity contribution < 1.29 is 19.3 Å². The summed E-state index contributed by atoms with van der Waals surface area (Å²) in [6, 6.07) is 10.0. The summed E-state index contributed by atoms with van der Waals surface area (Å²) in [5, 5.41) is 10.7. The molecule has 3 aliphatic rings. The van der Waals surface area contributed by atoms with Crippen molar-refractivity contribution in [2.24, 2.45) is 0 Å². The fourth-order valence-electron chi connectivity index (χ4n) is 5.06. The number of rotatable bonds is 5. The van der Waals surface area contributed by atoms with Crippen molar-refractivity contribution in [3.8, 4) is 17.0 Å². The van der Waals surface area contributed by atoms with Crippen LogP contribution in [0.2, 0.25) is 0 Å². The van der Waals surface area contributed by atoms with Crippen LogP contribution in [0.15, 0.2) is 30.3 Å². The third kappa shape index (κ3) is 4.17. The fourth-order valence-corrected chi connectivity index (χ4v) is 5.06. The molecule has 6 rings (SSSR count). The van der Waals surface area contributed by atoms with Gasteiger partial charge in [-0.2, -0.15) is 9.97 Å². The Bertz CT molecular complexity index is 1250. The smallest absolute Gasteiger partial charge is 0.229 e. The molecule has 4 heterocycles. The molecule has 9 heteroatoms. The molecule has 1 aromatic carbocycles. The third-order valence-corrected chi connectivity index (χ3v) is 7.25. The van der Waals surface area contributed by atoms with Gasteiger partial charge in [0.25, 0.3) is 0 Å². The van der Waals surface area contributed by atoms with Crippen LogP contribution in [0.4, 0.5) is 11.8 Å². The second-order valence-corrected chi connectivity index (χ2v) is 9.67. The quantitative estimate of drug-likeness (QED) is 0.595. The average Bonchev–Trinajstić information content (AvgIpc) is 3.65. The molecule has 0 amide bonds. The van der Waals surface area contributed by atoms with Crippen LogP contribution in [0.1, 0.15) is 25.3 Å². The molecule has 2 aromatic heterocycles. The van der Waals surface area contributed by atoms with E-state index in [2.05, 4.69) is 22.8 Å². The van der Waals surface area contributed by atoms with Crippen LogP contribution in [0.5, 0.6) is 5.75 Å². The van der Waals surface area contributed by atoms with E-state index in [0.29, 0.717) is 37.2 Å². The van der Waals surface area contributed by atoms with E-state index in [-0.39, 0.29) is 18.2 Å². The van der Waals surface area contributed by atoms with Gasteiger partial charge in [-0.3, -0.25) is 0 Å². The lowest BCUT2D eigenvalue weighted by Gasteiger charge is -2.36. The zero-order chi connectivity index (χ0) is 24.0. The molecule has 0 unspecified atom stereocenters. The number of morpholine rings is 2. The first-order valence-corrected chi connectivity index (χ1v) is 12.3. The zero-order valence-corrected chi connectivity index (χ0v) is 20.2. The SMILES string of the molecule is COc1ccc(-c2ccc3c(N4CCOC[C@@H]4C)nc(N4CCOC5(CC5)C4)nc3n2)cc1CO. The Morgan fingerprint density at radius 2 is 2.00 bits per heavy atom. The second kappa shape index (κ2) is 8.89. The Labute approximate surface area is 204 Å². The first-order chi connectivity index (χ1) is 17.1. The highest BCUT2D eigenvalue weighted by Crippen LogP contribution is 2.43. The molecular formula is C26H31N5O4. The summed E-state index contributed by atoms with van der Waals surface area (Å²) in [4.78, 5) is 19.6. The van der Waals surface area contributed by atoms with Crippen molar-refractivity contribution >= 4 is 22.8 Å². The minimum atomic E-state index is -0.102. The average molecular weight is 478 g/mol. The molecule has 2 aliphatic heterocycles. The van der Waals surface area contributed by atoms with Gasteiger partial charge in [0.2, 0.25) is 5.95 Å². The number of pyridine rings is 1. The molecule has 1 N–H and O–H groups in total. The molecular weight excluding hydrogens is 446 g/mol. The van der Waals surface area contributed by atoms with Crippen LogP contribution >= 0.6 is 0 Å². The number of methoxy groups -OCH3 is 1. The Kier molecular flexibility index (Phi) is 5.70. The zero-order valence-electron chi connectivity index (χ0n) is 20.2. The molecule has 1 saturated carbocycles. The summed E-state index contributed by atoms with van der Waals surface area (Å²) in [6.07, 6.45) is 2.19. The highest BCUT2D eigenvalue weighted by Gasteiger charge is 2.48. The summed E-state index contributed by atoms with van der Waals surface area (Å²) in [6.45, 7) is 6.45. The maximum absolute atomic E-state index is 9.77. The van der Waals surface area contributed by atoms with Gasteiger partial charge >= 0.3 is 0 Å². The number of nitrogens with zero attached hydrogens (tertiary/aromatic N) is 5. The lowest BCUT2D eigenvalue weighted by atomic mass is 10.1. The normalized spacial score (nSPS) is 21.5. The molecule has 9 nitrogen and oxygen atoms in total. The first-order valence-electron chi connectivity index (χ1n) is 12.3. The van der Waals surface area contributed by atoms with Crippen molar-refractivity contribution in [3.05, 3.63) is 35.9 Å². The maximum atomic E-state index is 9.77. The summed E-state index contributed by atoms with van der Waals surface area (Å²) < 4.78 is 17.1. The van der Waals surface area contributed by atoms with E-state index in [1.165, 1.54) is 0 Å². The van der Waals surface area contributed by atoms with Gasteiger partial charge in [-0.15, -0.1) is 0 Å². The second-order valence-electron chi connectivity index (χ2n) is 9.67. The van der Waals surface area contributed by atoms with Crippen molar-refractivity contribution in [1.82, 2.24) is 15.0 Å². The lowest BCUT2D eigenvalue weighted by molar-refractivity contribution is 0.0201. The van der Waals surface area contributed by atoms with E-state index in [1.807, 2.05) is 24.3 Å². The summed E-state index contributed by atoms with van der Waals surface area (Å²) in [5.74, 6) is 2.27. The molecule has 1 atom stereocenters. The van der Waals surface area contributed by atoms with E-state index >= 15 is 0 Å². The van der Waals surface area contributed by atoms with Crippen molar-refractivity contribution in [2.45, 2.75) is 38.0 Å². The summed E-state index contributed by atoms with van der Waals surface area (Å²) >= 11 is 0. The lowest BCUT2D eigenvalue weighted by Crippen LogP contribution is -2.46. The summed E-state index contributed by atoms with van der Waals surface area (Å²) in [5.41, 5.74) is 3.06. The first kappa shape index (κ1) is 22.5. The van der Waals surface area contributed by atoms with Crippen LogP contribution in [-0.2, 0) is 16.1 Å². The van der Waals surface area contributed by atoms with E-state index in [1.54, 1.807) is 7.11 Å². The Hall–Kier alpha value is -3.01. The molecule has 35 heavy (non-hydrogen) atoms. The molecule has 0 bridgehead atoms. The van der Waals surface area contributed by atoms with Gasteiger partial charge in [0.05, 0.1) is 56.3 Å². The molecule has 3 fully saturated rings. The number of ether oxygens (including phenoxy) is 3. The maximum Gasteiger partial charge on any atom is 0.229 e. The molecule has 3 aromatic rings. The van der Waals surface area contributed by atoms with Gasteiger partial charge in [0.15, 0.2) is 5.65 Å². The van der Waals surface area contributed by atoms with Crippen LogP contribution < -0.4 is 14.5 Å². The minimum Gasteiger partial charge on any atom is -0.496 e. The van der Waals surface area contributed by atoms with Gasteiger partial charge in [-0.05, 0) is 50.1 Å². The third-order valence-electron chi connectivity index (χ3n) is 7.25. The van der Waals surface area contributed by atoms with Crippen molar-refractivity contribution in [1.29, 1.82) is 0 Å². The van der Waals surface area contributed by atoms with E-state index in [0.717, 1.165) is 60.5 Å². The number of anilines is 2. The molecule has 1 spiro atoms. The highest BCUT2D eigenvalue weighted by molar-refractivity contribution is 5.90. The number of aliphatic hydroxyl groups is 1.